The molecule has 112 valence electrons. The van der Waals surface area contributed by atoms with Gasteiger partial charge in [0.05, 0.1) is 13.2 Å². The molecule has 2 fully saturated rings. The number of carbonyl (C=O) groups is 1. The third-order valence-corrected chi connectivity index (χ3v) is 4.39. The maximum absolute atomic E-state index is 12.3. The van der Waals surface area contributed by atoms with Crippen LogP contribution in [0.5, 0.6) is 0 Å². The first-order valence-corrected chi connectivity index (χ1v) is 7.25. The summed E-state index contributed by atoms with van der Waals surface area (Å²) in [5.74, 6) is 1.03. The Labute approximate surface area is 122 Å². The molecule has 3 unspecified atom stereocenters. The summed E-state index contributed by atoms with van der Waals surface area (Å²) in [5.41, 5.74) is 0. The summed E-state index contributed by atoms with van der Waals surface area (Å²) in [4.78, 5) is 14.5. The normalized spacial score (nSPS) is 29.8. The van der Waals surface area contributed by atoms with Crippen LogP contribution < -0.4 is 5.32 Å². The third kappa shape index (κ3) is 4.07. The van der Waals surface area contributed by atoms with Crippen LogP contribution >= 0.6 is 12.4 Å². The molecule has 0 spiro atoms. The first-order valence-electron chi connectivity index (χ1n) is 7.25. The quantitative estimate of drug-likeness (QED) is 0.786. The summed E-state index contributed by atoms with van der Waals surface area (Å²) >= 11 is 0. The molecular formula is C14H27ClN2O2. The number of halogens is 1. The first-order chi connectivity index (χ1) is 8.74. The van der Waals surface area contributed by atoms with Crippen LogP contribution in [0.15, 0.2) is 0 Å². The minimum absolute atomic E-state index is 0. The first kappa shape index (κ1) is 16.7. The van der Waals surface area contributed by atoms with Gasteiger partial charge in [-0.1, -0.05) is 12.8 Å². The van der Waals surface area contributed by atoms with Gasteiger partial charge in [0.1, 0.15) is 0 Å². The Hall–Kier alpha value is -0.320. The largest absolute Gasteiger partial charge is 0.383 e. The van der Waals surface area contributed by atoms with E-state index in [0.29, 0.717) is 25.2 Å². The number of hydrogen-bond donors (Lipinski definition) is 1. The average molecular weight is 291 g/mol. The predicted molar refractivity (Wildman–Crippen MR) is 78.7 cm³/mol. The summed E-state index contributed by atoms with van der Waals surface area (Å²) < 4.78 is 4.97. The van der Waals surface area contributed by atoms with Gasteiger partial charge in [-0.2, -0.15) is 0 Å². The maximum atomic E-state index is 12.3. The predicted octanol–water partition coefficient (Wildman–Crippen LogP) is 1.82. The van der Waals surface area contributed by atoms with E-state index in [2.05, 4.69) is 17.1 Å². The molecule has 1 N–H and O–H groups in total. The molecular weight excluding hydrogens is 264 g/mol. The highest BCUT2D eigenvalue weighted by Crippen LogP contribution is 2.39. The molecule has 0 radical (unpaired) electrons. The summed E-state index contributed by atoms with van der Waals surface area (Å²) in [6.45, 7) is 4.07. The van der Waals surface area contributed by atoms with Crippen LogP contribution in [0.2, 0.25) is 0 Å². The van der Waals surface area contributed by atoms with Crippen LogP contribution in [0.25, 0.3) is 0 Å². The molecule has 2 aliphatic rings. The van der Waals surface area contributed by atoms with E-state index in [9.17, 15) is 4.79 Å². The van der Waals surface area contributed by atoms with Crippen LogP contribution in [-0.4, -0.2) is 49.7 Å². The number of amides is 1. The van der Waals surface area contributed by atoms with Crippen molar-refractivity contribution in [3.05, 3.63) is 0 Å². The molecule has 0 aromatic rings. The van der Waals surface area contributed by atoms with Crippen molar-refractivity contribution in [1.82, 2.24) is 10.2 Å². The van der Waals surface area contributed by atoms with Crippen LogP contribution in [0.3, 0.4) is 0 Å². The van der Waals surface area contributed by atoms with E-state index in [1.165, 1.54) is 32.1 Å². The standard InChI is InChI=1S/C14H26N2O2.ClH/c1-11-9-12-5-3-4-6-13(12)16(11)14(17)10-15-7-8-18-2;/h11-13,15H,3-10H2,1-2H3;1H. The van der Waals surface area contributed by atoms with E-state index in [-0.39, 0.29) is 18.3 Å². The van der Waals surface area contributed by atoms with Crippen LogP contribution in [-0.2, 0) is 9.53 Å². The van der Waals surface area contributed by atoms with E-state index in [0.717, 1.165) is 12.5 Å². The highest BCUT2D eigenvalue weighted by molar-refractivity contribution is 5.85. The van der Waals surface area contributed by atoms with Gasteiger partial charge in [-0.3, -0.25) is 4.79 Å². The lowest BCUT2D eigenvalue weighted by Gasteiger charge is -2.33. The van der Waals surface area contributed by atoms with Gasteiger partial charge in [0.2, 0.25) is 5.91 Å². The lowest BCUT2D eigenvalue weighted by atomic mass is 9.85. The number of rotatable bonds is 5. The second kappa shape index (κ2) is 8.08. The Morgan fingerprint density at radius 3 is 2.84 bits per heavy atom. The number of nitrogens with zero attached hydrogens (tertiary/aromatic N) is 1. The van der Waals surface area contributed by atoms with Gasteiger partial charge in [0.15, 0.2) is 0 Å². The number of likely N-dealkylation sites (tertiary alicyclic amines) is 1. The number of carbonyl (C=O) groups excluding carboxylic acids is 1. The van der Waals surface area contributed by atoms with Crippen molar-refractivity contribution < 1.29 is 9.53 Å². The SMILES string of the molecule is COCCNCC(=O)N1C(C)CC2CCCCC21.Cl. The Morgan fingerprint density at radius 2 is 2.11 bits per heavy atom. The van der Waals surface area contributed by atoms with E-state index >= 15 is 0 Å². The van der Waals surface area contributed by atoms with E-state index in [1.54, 1.807) is 7.11 Å². The number of hydrogen-bond acceptors (Lipinski definition) is 3. The van der Waals surface area contributed by atoms with Crippen molar-refractivity contribution in [2.45, 2.75) is 51.1 Å². The zero-order valence-electron chi connectivity index (χ0n) is 12.1. The van der Waals surface area contributed by atoms with Crippen molar-refractivity contribution in [3.8, 4) is 0 Å². The van der Waals surface area contributed by atoms with Crippen LogP contribution in [0, 0.1) is 5.92 Å². The van der Waals surface area contributed by atoms with Crippen molar-refractivity contribution in [2.24, 2.45) is 5.92 Å². The average Bonchev–Trinajstić information content (AvgIpc) is 2.70. The molecule has 0 aromatic heterocycles. The second-order valence-electron chi connectivity index (χ2n) is 5.67. The zero-order chi connectivity index (χ0) is 13.0. The minimum Gasteiger partial charge on any atom is -0.383 e. The van der Waals surface area contributed by atoms with Crippen molar-refractivity contribution in [2.75, 3.05) is 26.8 Å². The molecule has 4 nitrogen and oxygen atoms in total. The molecule has 1 saturated carbocycles. The topological polar surface area (TPSA) is 41.6 Å². The molecule has 1 aliphatic carbocycles. The van der Waals surface area contributed by atoms with Crippen molar-refractivity contribution in [3.63, 3.8) is 0 Å². The number of nitrogens with one attached hydrogen (secondary N) is 1. The molecule has 1 heterocycles. The molecule has 3 atom stereocenters. The van der Waals surface area contributed by atoms with Gasteiger partial charge < -0.3 is 15.0 Å². The number of ether oxygens (including phenoxy) is 1. The van der Waals surface area contributed by atoms with Crippen molar-refractivity contribution >= 4 is 18.3 Å². The van der Waals surface area contributed by atoms with Gasteiger partial charge in [-0.15, -0.1) is 12.4 Å². The van der Waals surface area contributed by atoms with Gasteiger partial charge in [0, 0.05) is 25.7 Å². The molecule has 1 aliphatic heterocycles. The number of fused-ring (bicyclic) bond motifs is 1. The van der Waals surface area contributed by atoms with Crippen molar-refractivity contribution in [1.29, 1.82) is 0 Å². The van der Waals surface area contributed by atoms with Gasteiger partial charge in [-0.05, 0) is 32.1 Å². The lowest BCUT2D eigenvalue weighted by Crippen LogP contribution is -2.46. The highest BCUT2D eigenvalue weighted by Gasteiger charge is 2.41. The molecule has 19 heavy (non-hydrogen) atoms. The second-order valence-corrected chi connectivity index (χ2v) is 5.67. The fraction of sp³-hybridized carbons (Fsp3) is 0.929. The number of methoxy groups -OCH3 is 1. The zero-order valence-corrected chi connectivity index (χ0v) is 12.9. The molecule has 5 heteroatoms. The monoisotopic (exact) mass is 290 g/mol. The molecule has 1 saturated heterocycles. The van der Waals surface area contributed by atoms with Crippen LogP contribution in [0.4, 0.5) is 0 Å². The summed E-state index contributed by atoms with van der Waals surface area (Å²) in [6, 6.07) is 0.945. The Kier molecular flexibility index (Phi) is 7.11. The fourth-order valence-electron chi connectivity index (χ4n) is 3.60. The molecule has 2 rings (SSSR count). The third-order valence-electron chi connectivity index (χ3n) is 4.39. The molecule has 0 aromatic carbocycles. The summed E-state index contributed by atoms with van der Waals surface area (Å²) in [6.07, 6.45) is 6.36. The van der Waals surface area contributed by atoms with E-state index < -0.39 is 0 Å². The lowest BCUT2D eigenvalue weighted by molar-refractivity contribution is -0.133. The van der Waals surface area contributed by atoms with Gasteiger partial charge >= 0.3 is 0 Å². The Bertz CT molecular complexity index is 289. The van der Waals surface area contributed by atoms with E-state index in [4.69, 9.17) is 4.74 Å². The summed E-state index contributed by atoms with van der Waals surface area (Å²) in [7, 11) is 1.68. The van der Waals surface area contributed by atoms with E-state index in [1.807, 2.05) is 0 Å². The smallest absolute Gasteiger partial charge is 0.237 e. The maximum Gasteiger partial charge on any atom is 0.237 e. The molecule has 1 amide bonds. The molecule has 0 bridgehead atoms. The minimum atomic E-state index is 0. The fourth-order valence-corrected chi connectivity index (χ4v) is 3.60. The Balaban J connectivity index is 0.00000180. The Morgan fingerprint density at radius 1 is 1.37 bits per heavy atom. The van der Waals surface area contributed by atoms with Gasteiger partial charge in [0.25, 0.3) is 0 Å². The summed E-state index contributed by atoms with van der Waals surface area (Å²) in [5, 5.41) is 3.16. The van der Waals surface area contributed by atoms with Gasteiger partial charge in [-0.25, -0.2) is 0 Å². The van der Waals surface area contributed by atoms with Crippen LogP contribution in [0.1, 0.15) is 39.0 Å². The highest BCUT2D eigenvalue weighted by atomic mass is 35.5.